The highest BCUT2D eigenvalue weighted by atomic mass is 35.5. The van der Waals surface area contributed by atoms with E-state index in [1.54, 1.807) is 0 Å². The normalized spacial score (nSPS) is 10.2. The summed E-state index contributed by atoms with van der Waals surface area (Å²) < 4.78 is 17.6. The predicted molar refractivity (Wildman–Crippen MR) is 87.8 cm³/mol. The van der Waals surface area contributed by atoms with Crippen LogP contribution >= 0.6 is 11.6 Å². The van der Waals surface area contributed by atoms with Crippen molar-refractivity contribution >= 4 is 34.9 Å². The maximum absolute atomic E-state index is 12.8. The van der Waals surface area contributed by atoms with Crippen LogP contribution in [0.2, 0.25) is 5.02 Å². The molecule has 2 aromatic rings. The van der Waals surface area contributed by atoms with E-state index in [1.807, 2.05) is 0 Å². The Morgan fingerprint density at radius 2 is 1.88 bits per heavy atom. The molecule has 0 bridgehead atoms. The predicted octanol–water partition coefficient (Wildman–Crippen LogP) is 3.11. The fourth-order valence-electron chi connectivity index (χ4n) is 1.87. The number of carbonyl (C=O) groups is 2. The highest BCUT2D eigenvalue weighted by Crippen LogP contribution is 2.26. The Morgan fingerprint density at radius 3 is 2.48 bits per heavy atom. The number of hydrogen-bond donors (Lipinski definition) is 1. The monoisotopic (exact) mass is 366 g/mol. The molecule has 0 aromatic heterocycles. The number of hydrogen-bond acceptors (Lipinski definition) is 5. The van der Waals surface area contributed by atoms with Gasteiger partial charge in [0.25, 0.3) is 11.6 Å². The molecule has 0 aliphatic carbocycles. The summed E-state index contributed by atoms with van der Waals surface area (Å²) in [4.78, 5) is 33.4. The smallest absolute Gasteiger partial charge is 0.310 e. The molecule has 0 saturated heterocycles. The number of non-ortho nitro benzene ring substituents is 1. The van der Waals surface area contributed by atoms with Crippen molar-refractivity contribution in [1.29, 1.82) is 0 Å². The van der Waals surface area contributed by atoms with E-state index in [0.29, 0.717) is 5.56 Å². The van der Waals surface area contributed by atoms with E-state index in [9.17, 15) is 24.1 Å². The third kappa shape index (κ3) is 5.54. The number of ether oxygens (including phenoxy) is 1. The third-order valence-corrected chi connectivity index (χ3v) is 3.38. The number of anilines is 1. The van der Waals surface area contributed by atoms with Crippen molar-refractivity contribution in [2.75, 3.05) is 11.9 Å². The molecule has 25 heavy (non-hydrogen) atoms. The zero-order chi connectivity index (χ0) is 18.4. The molecule has 0 radical (unpaired) electrons. The van der Waals surface area contributed by atoms with Gasteiger partial charge in [-0.2, -0.15) is 0 Å². The van der Waals surface area contributed by atoms with Gasteiger partial charge in [0.05, 0.1) is 22.1 Å². The average Bonchev–Trinajstić information content (AvgIpc) is 2.57. The molecule has 0 unspecified atom stereocenters. The van der Waals surface area contributed by atoms with Gasteiger partial charge < -0.3 is 10.1 Å². The average molecular weight is 367 g/mol. The zero-order valence-electron chi connectivity index (χ0n) is 12.7. The molecule has 0 spiro atoms. The van der Waals surface area contributed by atoms with Crippen LogP contribution in [0, 0.1) is 15.9 Å². The molecule has 7 nitrogen and oxygen atoms in total. The Kier molecular flexibility index (Phi) is 6.02. The molecule has 0 aliphatic heterocycles. The standard InChI is InChI=1S/C16H12ClFN2O5/c17-13-8-12(20(23)24)5-6-14(13)19-15(21)9-25-16(22)7-10-1-3-11(18)4-2-10/h1-6,8H,7,9H2,(H,19,21). The van der Waals surface area contributed by atoms with E-state index in [-0.39, 0.29) is 22.8 Å². The van der Waals surface area contributed by atoms with Crippen LogP contribution in [0.4, 0.5) is 15.8 Å². The van der Waals surface area contributed by atoms with Crippen molar-refractivity contribution in [3.8, 4) is 0 Å². The highest BCUT2D eigenvalue weighted by Gasteiger charge is 2.13. The van der Waals surface area contributed by atoms with Crippen LogP contribution in [-0.4, -0.2) is 23.4 Å². The number of halogens is 2. The summed E-state index contributed by atoms with van der Waals surface area (Å²) >= 11 is 5.84. The lowest BCUT2D eigenvalue weighted by Crippen LogP contribution is -2.21. The van der Waals surface area contributed by atoms with Crippen molar-refractivity contribution in [1.82, 2.24) is 0 Å². The quantitative estimate of drug-likeness (QED) is 0.481. The van der Waals surface area contributed by atoms with Crippen molar-refractivity contribution < 1.29 is 23.6 Å². The van der Waals surface area contributed by atoms with E-state index in [0.717, 1.165) is 6.07 Å². The number of nitro groups is 1. The summed E-state index contributed by atoms with van der Waals surface area (Å²) in [6.07, 6.45) is -0.105. The molecule has 0 aliphatic rings. The van der Waals surface area contributed by atoms with Gasteiger partial charge >= 0.3 is 5.97 Å². The van der Waals surface area contributed by atoms with Gasteiger partial charge in [0.2, 0.25) is 0 Å². The molecule has 0 saturated carbocycles. The Bertz CT molecular complexity index is 811. The first-order valence-corrected chi connectivity index (χ1v) is 7.37. The van der Waals surface area contributed by atoms with Gasteiger partial charge in [0.1, 0.15) is 5.82 Å². The second-order valence-corrected chi connectivity index (χ2v) is 5.34. The van der Waals surface area contributed by atoms with Crippen molar-refractivity contribution in [3.05, 3.63) is 69.0 Å². The van der Waals surface area contributed by atoms with E-state index in [1.165, 1.54) is 36.4 Å². The van der Waals surface area contributed by atoms with E-state index in [4.69, 9.17) is 16.3 Å². The van der Waals surface area contributed by atoms with Crippen molar-refractivity contribution in [3.63, 3.8) is 0 Å². The fourth-order valence-corrected chi connectivity index (χ4v) is 2.09. The summed E-state index contributed by atoms with van der Waals surface area (Å²) in [6.45, 7) is -0.548. The molecule has 2 aromatic carbocycles. The van der Waals surface area contributed by atoms with Crippen LogP contribution in [0.3, 0.4) is 0 Å². The number of nitrogens with one attached hydrogen (secondary N) is 1. The molecule has 0 fully saturated rings. The fraction of sp³-hybridized carbons (Fsp3) is 0.125. The molecule has 1 N–H and O–H groups in total. The Morgan fingerprint density at radius 1 is 1.20 bits per heavy atom. The Balaban J connectivity index is 1.85. The number of nitro benzene ring substituents is 1. The summed E-state index contributed by atoms with van der Waals surface area (Å²) in [6, 6.07) is 8.86. The van der Waals surface area contributed by atoms with Crippen molar-refractivity contribution in [2.24, 2.45) is 0 Å². The molecule has 1 amide bonds. The van der Waals surface area contributed by atoms with Crippen LogP contribution in [0.25, 0.3) is 0 Å². The summed E-state index contributed by atoms with van der Waals surface area (Å²) in [7, 11) is 0. The molecular formula is C16H12ClFN2O5. The molecule has 9 heteroatoms. The first-order chi connectivity index (χ1) is 11.8. The SMILES string of the molecule is O=C(COC(=O)Cc1ccc(F)cc1)Nc1ccc([N+](=O)[O-])cc1Cl. The second-order valence-electron chi connectivity index (χ2n) is 4.93. The third-order valence-electron chi connectivity index (χ3n) is 3.06. The van der Waals surface area contributed by atoms with Crippen LogP contribution in [-0.2, 0) is 20.7 Å². The first kappa shape index (κ1) is 18.3. The Labute approximate surface area is 146 Å². The van der Waals surface area contributed by atoms with Gasteiger partial charge in [0, 0.05) is 12.1 Å². The number of nitrogens with zero attached hydrogens (tertiary/aromatic N) is 1. The van der Waals surface area contributed by atoms with Crippen LogP contribution in [0.1, 0.15) is 5.56 Å². The highest BCUT2D eigenvalue weighted by molar-refractivity contribution is 6.34. The largest absolute Gasteiger partial charge is 0.455 e. The summed E-state index contributed by atoms with van der Waals surface area (Å²) in [5.74, 6) is -1.73. The Hall–Kier alpha value is -3.00. The number of benzene rings is 2. The second kappa shape index (κ2) is 8.20. The molecule has 0 atom stereocenters. The van der Waals surface area contributed by atoms with Crippen LogP contribution in [0.15, 0.2) is 42.5 Å². The van der Waals surface area contributed by atoms with Gasteiger partial charge in [-0.25, -0.2) is 4.39 Å². The number of carbonyl (C=O) groups excluding carboxylic acids is 2. The summed E-state index contributed by atoms with van der Waals surface area (Å²) in [5, 5.41) is 13.0. The van der Waals surface area contributed by atoms with E-state index in [2.05, 4.69) is 5.32 Å². The lowest BCUT2D eigenvalue weighted by Gasteiger charge is -2.08. The minimum atomic E-state index is -0.656. The maximum Gasteiger partial charge on any atom is 0.310 e. The van der Waals surface area contributed by atoms with Gasteiger partial charge in [-0.1, -0.05) is 23.7 Å². The van der Waals surface area contributed by atoms with Gasteiger partial charge in [-0.15, -0.1) is 0 Å². The first-order valence-electron chi connectivity index (χ1n) is 6.99. The lowest BCUT2D eigenvalue weighted by atomic mass is 10.1. The lowest BCUT2D eigenvalue weighted by molar-refractivity contribution is -0.384. The van der Waals surface area contributed by atoms with Gasteiger partial charge in [-0.3, -0.25) is 19.7 Å². The van der Waals surface area contributed by atoms with E-state index < -0.39 is 29.2 Å². The molecule has 2 rings (SSSR count). The molecule has 0 heterocycles. The minimum Gasteiger partial charge on any atom is -0.455 e. The van der Waals surface area contributed by atoms with E-state index >= 15 is 0 Å². The number of rotatable bonds is 6. The van der Waals surface area contributed by atoms with Gasteiger partial charge in [-0.05, 0) is 23.8 Å². The molecule has 130 valence electrons. The zero-order valence-corrected chi connectivity index (χ0v) is 13.5. The van der Waals surface area contributed by atoms with Crippen LogP contribution < -0.4 is 5.32 Å². The maximum atomic E-state index is 12.8. The topological polar surface area (TPSA) is 98.5 Å². The minimum absolute atomic E-state index is 0.0137. The molecular weight excluding hydrogens is 355 g/mol. The van der Waals surface area contributed by atoms with Crippen LogP contribution in [0.5, 0.6) is 0 Å². The number of esters is 1. The summed E-state index contributed by atoms with van der Waals surface area (Å²) in [5.41, 5.74) is 0.491. The van der Waals surface area contributed by atoms with Crippen molar-refractivity contribution in [2.45, 2.75) is 6.42 Å². The van der Waals surface area contributed by atoms with Gasteiger partial charge in [0.15, 0.2) is 6.61 Å². The number of amides is 1.